The van der Waals surface area contributed by atoms with Crippen molar-refractivity contribution < 1.29 is 0 Å². The number of piperazine rings is 1. The summed E-state index contributed by atoms with van der Waals surface area (Å²) in [6, 6.07) is 0. The lowest BCUT2D eigenvalue weighted by molar-refractivity contribution is 0.520. The van der Waals surface area contributed by atoms with E-state index in [4.69, 9.17) is 0 Å². The zero-order chi connectivity index (χ0) is 8.49. The first-order chi connectivity index (χ1) is 6.00. The van der Waals surface area contributed by atoms with Crippen LogP contribution in [0.3, 0.4) is 0 Å². The van der Waals surface area contributed by atoms with Gasteiger partial charge in [0.15, 0.2) is 0 Å². The Kier molecular flexibility index (Phi) is 14.9. The Morgan fingerprint density at radius 2 is 0.857 bits per heavy atom. The molecule has 4 heteroatoms. The first-order valence-corrected chi connectivity index (χ1v) is 5.12. The molecule has 0 saturated carbocycles. The number of rotatable bonds is 0. The fraction of sp³-hybridized carbons (Fsp3) is 1.00. The minimum absolute atomic E-state index is 0. The van der Waals surface area contributed by atoms with E-state index in [9.17, 15) is 0 Å². The first kappa shape index (κ1) is 16.3. The summed E-state index contributed by atoms with van der Waals surface area (Å²) >= 11 is 0. The van der Waals surface area contributed by atoms with Crippen molar-refractivity contribution >= 4 is 0 Å². The molecule has 6 N–H and O–H groups in total. The maximum Gasteiger partial charge on any atom is 0.00772 e. The predicted molar refractivity (Wildman–Crippen MR) is 64.2 cm³/mol. The predicted octanol–water partition coefficient (Wildman–Crippen LogP) is 0.737. The summed E-state index contributed by atoms with van der Waals surface area (Å²) < 4.78 is 0. The van der Waals surface area contributed by atoms with E-state index in [0.717, 1.165) is 26.2 Å². The minimum Gasteiger partial charge on any atom is -0.344 e. The normalized spacial score (nSPS) is 20.6. The fourth-order valence-electron chi connectivity index (χ4n) is 1.41. The van der Waals surface area contributed by atoms with Gasteiger partial charge in [0.2, 0.25) is 0 Å². The van der Waals surface area contributed by atoms with Crippen LogP contribution in [-0.2, 0) is 0 Å². The Bertz CT molecular complexity index is 55.1. The van der Waals surface area contributed by atoms with Crippen LogP contribution in [-0.4, -0.2) is 39.3 Å². The van der Waals surface area contributed by atoms with Crippen LogP contribution in [0, 0.1) is 0 Å². The summed E-state index contributed by atoms with van der Waals surface area (Å²) in [5, 5.41) is 9.73. The number of hydrogen-bond acceptors (Lipinski definition) is 4. The van der Waals surface area contributed by atoms with Gasteiger partial charge in [-0.25, -0.2) is 0 Å². The summed E-state index contributed by atoms with van der Waals surface area (Å²) in [5.74, 6) is 0. The molecule has 0 radical (unpaired) electrons. The zero-order valence-corrected chi connectivity index (χ0v) is 8.57. The van der Waals surface area contributed by atoms with Crippen molar-refractivity contribution in [3.8, 4) is 0 Å². The fourth-order valence-corrected chi connectivity index (χ4v) is 1.41. The van der Waals surface area contributed by atoms with Gasteiger partial charge in [-0.15, -0.1) is 0 Å². The van der Waals surface area contributed by atoms with Crippen molar-refractivity contribution in [3.63, 3.8) is 0 Å². The Labute approximate surface area is 88.8 Å². The third kappa shape index (κ3) is 9.92. The van der Waals surface area contributed by atoms with E-state index in [1.807, 2.05) is 0 Å². The lowest BCUT2D eigenvalue weighted by Crippen LogP contribution is -2.39. The monoisotopic (exact) mass is 204 g/mol. The van der Waals surface area contributed by atoms with Gasteiger partial charge in [-0.1, -0.05) is 13.8 Å². The van der Waals surface area contributed by atoms with E-state index in [-0.39, 0.29) is 13.6 Å². The molecule has 14 heavy (non-hydrogen) atoms. The Morgan fingerprint density at radius 3 is 1.00 bits per heavy atom. The second-order valence-corrected chi connectivity index (χ2v) is 3.31. The summed E-state index contributed by atoms with van der Waals surface area (Å²) in [6.45, 7) is 7.06. The molecule has 4 nitrogen and oxygen atoms in total. The third-order valence-electron chi connectivity index (χ3n) is 2.16. The maximum atomic E-state index is 3.28. The minimum atomic E-state index is 0. The summed E-state index contributed by atoms with van der Waals surface area (Å²) in [7, 11) is 0. The van der Waals surface area contributed by atoms with E-state index in [1.165, 1.54) is 32.4 Å². The third-order valence-corrected chi connectivity index (χ3v) is 2.16. The molecule has 0 aromatic rings. The van der Waals surface area contributed by atoms with Crippen LogP contribution < -0.4 is 22.1 Å². The lowest BCUT2D eigenvalue weighted by Gasteiger charge is -2.11. The molecule has 0 bridgehead atoms. The molecule has 0 unspecified atom stereocenters. The van der Waals surface area contributed by atoms with E-state index < -0.39 is 0 Å². The van der Waals surface area contributed by atoms with Crippen molar-refractivity contribution in [1.29, 1.82) is 0 Å². The molecule has 2 rings (SSSR count). The van der Waals surface area contributed by atoms with Crippen LogP contribution in [0.25, 0.3) is 0 Å². The van der Waals surface area contributed by atoms with Crippen LogP contribution >= 0.6 is 0 Å². The van der Waals surface area contributed by atoms with E-state index in [2.05, 4.69) is 16.0 Å². The van der Waals surface area contributed by atoms with Crippen molar-refractivity contribution in [1.82, 2.24) is 22.1 Å². The Balaban J connectivity index is 0. The second-order valence-electron chi connectivity index (χ2n) is 3.31. The number of piperidine rings is 1. The first-order valence-electron chi connectivity index (χ1n) is 5.12. The Morgan fingerprint density at radius 1 is 0.500 bits per heavy atom. The molecule has 2 aliphatic heterocycles. The molecule has 0 atom stereocenters. The highest BCUT2D eigenvalue weighted by molar-refractivity contribution is 4.59. The van der Waals surface area contributed by atoms with Crippen LogP contribution in [0.5, 0.6) is 0 Å². The van der Waals surface area contributed by atoms with Gasteiger partial charge in [-0.2, -0.15) is 0 Å². The lowest BCUT2D eigenvalue weighted by atomic mass is 10.2. The number of hydrogen-bond donors (Lipinski definition) is 4. The molecule has 2 heterocycles. The van der Waals surface area contributed by atoms with Crippen molar-refractivity contribution in [2.45, 2.75) is 26.7 Å². The largest absolute Gasteiger partial charge is 0.344 e. The molecule has 0 aromatic heterocycles. The standard InChI is InChI=1S/C5H11N.C4H10N2.CH4.H3N/c1-2-4-6-5-3-1;1-2-6-4-3-5-1;;/h6H,1-5H2;5-6H,1-4H2;1H4;1H3. The van der Waals surface area contributed by atoms with Gasteiger partial charge in [0, 0.05) is 26.2 Å². The van der Waals surface area contributed by atoms with Crippen molar-refractivity contribution in [2.75, 3.05) is 39.3 Å². The molecule has 2 saturated heterocycles. The summed E-state index contributed by atoms with van der Waals surface area (Å²) in [6.07, 6.45) is 4.22. The zero-order valence-electron chi connectivity index (χ0n) is 8.57. The van der Waals surface area contributed by atoms with Gasteiger partial charge in [-0.05, 0) is 25.9 Å². The molecule has 0 spiro atoms. The van der Waals surface area contributed by atoms with E-state index >= 15 is 0 Å². The molecule has 0 amide bonds. The van der Waals surface area contributed by atoms with Crippen molar-refractivity contribution in [2.24, 2.45) is 0 Å². The van der Waals surface area contributed by atoms with Crippen LogP contribution in [0.2, 0.25) is 0 Å². The molecule has 2 aliphatic rings. The summed E-state index contributed by atoms with van der Waals surface area (Å²) in [4.78, 5) is 0. The highest BCUT2D eigenvalue weighted by Crippen LogP contribution is 1.96. The second kappa shape index (κ2) is 12.8. The molecular formula is C10H28N4. The number of nitrogens with one attached hydrogen (secondary N) is 3. The van der Waals surface area contributed by atoms with Gasteiger partial charge in [0.25, 0.3) is 0 Å². The van der Waals surface area contributed by atoms with Gasteiger partial charge >= 0.3 is 0 Å². The smallest absolute Gasteiger partial charge is 0.00772 e. The highest BCUT2D eigenvalue weighted by Gasteiger charge is 1.93. The van der Waals surface area contributed by atoms with Gasteiger partial charge < -0.3 is 22.1 Å². The van der Waals surface area contributed by atoms with Gasteiger partial charge in [0.1, 0.15) is 0 Å². The van der Waals surface area contributed by atoms with E-state index in [1.54, 1.807) is 0 Å². The van der Waals surface area contributed by atoms with Gasteiger partial charge in [-0.3, -0.25) is 0 Å². The van der Waals surface area contributed by atoms with Crippen LogP contribution in [0.1, 0.15) is 26.7 Å². The SMILES string of the molecule is C.C1CCNCC1.C1CNCCN1.N. The molecular weight excluding hydrogens is 176 g/mol. The van der Waals surface area contributed by atoms with E-state index in [0.29, 0.717) is 0 Å². The van der Waals surface area contributed by atoms with Crippen LogP contribution in [0.4, 0.5) is 0 Å². The van der Waals surface area contributed by atoms with Crippen molar-refractivity contribution in [3.05, 3.63) is 0 Å². The molecule has 0 aliphatic carbocycles. The Hall–Kier alpha value is -0.160. The summed E-state index contributed by atoms with van der Waals surface area (Å²) in [5.41, 5.74) is 0. The average molecular weight is 204 g/mol. The average Bonchev–Trinajstić information content (AvgIpc) is 2.24. The van der Waals surface area contributed by atoms with Gasteiger partial charge in [0.05, 0.1) is 0 Å². The molecule has 88 valence electrons. The highest BCUT2D eigenvalue weighted by atomic mass is 15.0. The molecule has 0 aromatic carbocycles. The molecule has 2 fully saturated rings. The maximum absolute atomic E-state index is 3.28. The van der Waals surface area contributed by atoms with Crippen LogP contribution in [0.15, 0.2) is 0 Å². The quantitative estimate of drug-likeness (QED) is 0.470. The topological polar surface area (TPSA) is 71.1 Å².